The molecule has 39 heavy (non-hydrogen) atoms. The van der Waals surface area contributed by atoms with Crippen molar-refractivity contribution in [3.63, 3.8) is 0 Å². The molecule has 10 heteroatoms. The third-order valence-corrected chi connectivity index (χ3v) is 7.25. The SMILES string of the molecule is Cc1ccc(C(N)=O)c(-c2ccc(CN3CCN(C)CC3)c(F)c2)c1C#Cc1cnc(Nc2cscn2)nc1. The number of thiazole rings is 1. The molecular weight excluding hydrogens is 513 g/mol. The van der Waals surface area contributed by atoms with E-state index in [1.807, 2.05) is 18.4 Å². The van der Waals surface area contributed by atoms with Gasteiger partial charge in [0.25, 0.3) is 0 Å². The van der Waals surface area contributed by atoms with Crippen molar-refractivity contribution in [3.05, 3.63) is 87.3 Å². The molecule has 1 aliphatic heterocycles. The Hall–Kier alpha value is -4.17. The smallest absolute Gasteiger partial charge is 0.249 e. The van der Waals surface area contributed by atoms with E-state index in [1.54, 1.807) is 36.1 Å². The van der Waals surface area contributed by atoms with Crippen molar-refractivity contribution in [2.45, 2.75) is 13.5 Å². The van der Waals surface area contributed by atoms with Crippen LogP contribution in [-0.2, 0) is 6.54 Å². The van der Waals surface area contributed by atoms with Gasteiger partial charge in [0.05, 0.1) is 11.1 Å². The largest absolute Gasteiger partial charge is 0.366 e. The molecule has 2 aromatic carbocycles. The lowest BCUT2D eigenvalue weighted by Gasteiger charge is -2.32. The van der Waals surface area contributed by atoms with Crippen LogP contribution < -0.4 is 11.1 Å². The fourth-order valence-electron chi connectivity index (χ4n) is 4.43. The Morgan fingerprint density at radius 3 is 2.54 bits per heavy atom. The van der Waals surface area contributed by atoms with E-state index in [2.05, 4.69) is 49.0 Å². The molecule has 3 heterocycles. The monoisotopic (exact) mass is 541 g/mol. The van der Waals surface area contributed by atoms with Crippen molar-refractivity contribution in [2.75, 3.05) is 38.5 Å². The number of likely N-dealkylation sites (N-methyl/N-ethyl adjacent to an activating group) is 1. The van der Waals surface area contributed by atoms with Gasteiger partial charge < -0.3 is 16.0 Å². The fraction of sp³-hybridized carbons (Fsp3) is 0.241. The van der Waals surface area contributed by atoms with Crippen LogP contribution in [0.2, 0.25) is 0 Å². The minimum atomic E-state index is -0.601. The quantitative estimate of drug-likeness (QED) is 0.356. The van der Waals surface area contributed by atoms with Crippen LogP contribution >= 0.6 is 11.3 Å². The van der Waals surface area contributed by atoms with Crippen LogP contribution in [0.3, 0.4) is 0 Å². The number of rotatable bonds is 6. The molecule has 1 saturated heterocycles. The van der Waals surface area contributed by atoms with E-state index < -0.39 is 5.91 Å². The summed E-state index contributed by atoms with van der Waals surface area (Å²) in [5.41, 5.74) is 11.4. The molecular formula is C29H28FN7OS. The zero-order chi connectivity index (χ0) is 27.4. The minimum Gasteiger partial charge on any atom is -0.366 e. The molecule has 198 valence electrons. The summed E-state index contributed by atoms with van der Waals surface area (Å²) >= 11 is 1.47. The van der Waals surface area contributed by atoms with Gasteiger partial charge in [0.15, 0.2) is 0 Å². The molecule has 0 spiro atoms. The van der Waals surface area contributed by atoms with Gasteiger partial charge in [0.2, 0.25) is 11.9 Å². The van der Waals surface area contributed by atoms with Gasteiger partial charge >= 0.3 is 0 Å². The number of anilines is 2. The van der Waals surface area contributed by atoms with Crippen LogP contribution in [-0.4, -0.2) is 63.9 Å². The van der Waals surface area contributed by atoms with Crippen LogP contribution in [0.1, 0.15) is 32.6 Å². The molecule has 2 aromatic heterocycles. The number of primary amides is 1. The molecule has 8 nitrogen and oxygen atoms in total. The molecule has 0 unspecified atom stereocenters. The fourth-order valence-corrected chi connectivity index (χ4v) is 4.92. The first-order chi connectivity index (χ1) is 18.9. The number of carbonyl (C=O) groups is 1. The van der Waals surface area contributed by atoms with Crippen molar-refractivity contribution in [1.29, 1.82) is 0 Å². The van der Waals surface area contributed by atoms with E-state index >= 15 is 4.39 Å². The molecule has 1 fully saturated rings. The van der Waals surface area contributed by atoms with E-state index in [-0.39, 0.29) is 11.4 Å². The first-order valence-corrected chi connectivity index (χ1v) is 13.4. The van der Waals surface area contributed by atoms with E-state index in [9.17, 15) is 4.79 Å². The highest BCUT2D eigenvalue weighted by Crippen LogP contribution is 2.31. The summed E-state index contributed by atoms with van der Waals surface area (Å²) in [5, 5.41) is 4.87. The molecule has 1 amide bonds. The van der Waals surface area contributed by atoms with Crippen LogP contribution in [0.15, 0.2) is 53.6 Å². The summed E-state index contributed by atoms with van der Waals surface area (Å²) in [6, 6.07) is 8.55. The number of piperazine rings is 1. The van der Waals surface area contributed by atoms with Crippen molar-refractivity contribution >= 4 is 29.0 Å². The summed E-state index contributed by atoms with van der Waals surface area (Å²) in [5.74, 6) is 6.39. The number of nitrogens with two attached hydrogens (primary N) is 1. The number of hydrogen-bond donors (Lipinski definition) is 2. The highest BCUT2D eigenvalue weighted by atomic mass is 32.1. The summed E-state index contributed by atoms with van der Waals surface area (Å²) < 4.78 is 15.3. The number of nitrogens with one attached hydrogen (secondary N) is 1. The van der Waals surface area contributed by atoms with Crippen LogP contribution in [0.5, 0.6) is 0 Å². The number of nitrogens with zero attached hydrogens (tertiary/aromatic N) is 5. The number of aromatic nitrogens is 3. The molecule has 0 aliphatic carbocycles. The van der Waals surface area contributed by atoms with E-state index in [1.165, 1.54) is 17.4 Å². The van der Waals surface area contributed by atoms with Crippen LogP contribution in [0, 0.1) is 24.6 Å². The van der Waals surface area contributed by atoms with Crippen molar-refractivity contribution in [3.8, 4) is 23.0 Å². The minimum absolute atomic E-state index is 0.287. The summed E-state index contributed by atoms with van der Waals surface area (Å²) in [6.45, 7) is 6.15. The van der Waals surface area contributed by atoms with E-state index in [0.717, 1.165) is 31.7 Å². The zero-order valence-corrected chi connectivity index (χ0v) is 22.6. The predicted octanol–water partition coefficient (Wildman–Crippen LogP) is 4.04. The predicted molar refractivity (Wildman–Crippen MR) is 151 cm³/mol. The third kappa shape index (κ3) is 6.29. The summed E-state index contributed by atoms with van der Waals surface area (Å²) in [4.78, 5) is 29.6. The Kier molecular flexibility index (Phi) is 7.93. The zero-order valence-electron chi connectivity index (χ0n) is 21.7. The Morgan fingerprint density at radius 1 is 1.10 bits per heavy atom. The average Bonchev–Trinajstić information content (AvgIpc) is 3.44. The number of halogens is 1. The first-order valence-electron chi connectivity index (χ1n) is 12.5. The van der Waals surface area contributed by atoms with Gasteiger partial charge in [-0.1, -0.05) is 30.0 Å². The van der Waals surface area contributed by atoms with E-state index in [0.29, 0.717) is 46.1 Å². The second-order valence-electron chi connectivity index (χ2n) is 9.47. The molecule has 4 aromatic rings. The molecule has 0 atom stereocenters. The molecule has 0 bridgehead atoms. The van der Waals surface area contributed by atoms with Gasteiger partial charge in [-0.25, -0.2) is 19.3 Å². The maximum absolute atomic E-state index is 15.3. The first kappa shape index (κ1) is 26.4. The Labute approximate surface area is 230 Å². The third-order valence-electron chi connectivity index (χ3n) is 6.67. The Balaban J connectivity index is 1.45. The lowest BCUT2D eigenvalue weighted by atomic mass is 9.90. The van der Waals surface area contributed by atoms with Crippen LogP contribution in [0.4, 0.5) is 16.2 Å². The number of aryl methyl sites for hydroxylation is 1. The van der Waals surface area contributed by atoms with Gasteiger partial charge in [-0.05, 0) is 37.2 Å². The van der Waals surface area contributed by atoms with E-state index in [4.69, 9.17) is 5.73 Å². The maximum Gasteiger partial charge on any atom is 0.249 e. The standard InChI is InChI=1S/C29H28FN7OS/c1-19-3-7-24(28(31)38)27(21-5-6-22(25(30)13-21)16-37-11-9-36(2)10-12-37)23(19)8-4-20-14-32-29(33-15-20)35-26-17-39-18-34-26/h3,5-7,13-15,17-18H,9-12,16H2,1-2H3,(H2,31,38)(H,32,33,35). The molecule has 1 aliphatic rings. The topological polar surface area (TPSA) is 100 Å². The number of benzene rings is 2. The maximum atomic E-state index is 15.3. The normalized spacial score (nSPS) is 14.0. The van der Waals surface area contributed by atoms with Crippen molar-refractivity contribution < 1.29 is 9.18 Å². The number of amides is 1. The van der Waals surface area contributed by atoms with Gasteiger partial charge in [-0.15, -0.1) is 11.3 Å². The van der Waals surface area contributed by atoms with Gasteiger partial charge in [-0.3, -0.25) is 9.69 Å². The Bertz CT molecular complexity index is 1540. The molecule has 0 saturated carbocycles. The molecule has 3 N–H and O–H groups in total. The van der Waals surface area contributed by atoms with Gasteiger partial charge in [0, 0.05) is 72.8 Å². The van der Waals surface area contributed by atoms with Gasteiger partial charge in [-0.2, -0.15) is 0 Å². The van der Waals surface area contributed by atoms with Gasteiger partial charge in [0.1, 0.15) is 11.6 Å². The number of hydrogen-bond acceptors (Lipinski definition) is 8. The number of carbonyl (C=O) groups excluding carboxylic acids is 1. The molecule has 5 rings (SSSR count). The van der Waals surface area contributed by atoms with Crippen LogP contribution in [0.25, 0.3) is 11.1 Å². The highest BCUT2D eigenvalue weighted by molar-refractivity contribution is 7.07. The molecule has 0 radical (unpaired) electrons. The highest BCUT2D eigenvalue weighted by Gasteiger charge is 2.19. The lowest BCUT2D eigenvalue weighted by Crippen LogP contribution is -2.44. The Morgan fingerprint density at radius 2 is 1.87 bits per heavy atom. The lowest BCUT2D eigenvalue weighted by molar-refractivity contribution is 0.100. The second-order valence-corrected chi connectivity index (χ2v) is 10.2. The summed E-state index contributed by atoms with van der Waals surface area (Å²) in [7, 11) is 2.09. The summed E-state index contributed by atoms with van der Waals surface area (Å²) in [6.07, 6.45) is 3.21. The van der Waals surface area contributed by atoms with Crippen molar-refractivity contribution in [1.82, 2.24) is 24.8 Å². The average molecular weight is 542 g/mol. The van der Waals surface area contributed by atoms with Crippen molar-refractivity contribution in [2.24, 2.45) is 5.73 Å². The second kappa shape index (κ2) is 11.7.